The van der Waals surface area contributed by atoms with Gasteiger partial charge in [-0.3, -0.25) is 9.59 Å². The Morgan fingerprint density at radius 1 is 1.12 bits per heavy atom. The zero-order chi connectivity index (χ0) is 16.7. The van der Waals surface area contributed by atoms with Crippen LogP contribution in [0.1, 0.15) is 15.9 Å². The van der Waals surface area contributed by atoms with Crippen molar-refractivity contribution in [3.63, 3.8) is 0 Å². The summed E-state index contributed by atoms with van der Waals surface area (Å²) < 4.78 is 2.51. The first-order chi connectivity index (χ1) is 11.6. The Hall–Kier alpha value is -2.99. The maximum atomic E-state index is 12.7. The summed E-state index contributed by atoms with van der Waals surface area (Å²) in [6.07, 6.45) is 1.42. The van der Waals surface area contributed by atoms with Gasteiger partial charge >= 0.3 is 0 Å². The highest BCUT2D eigenvalue weighted by Crippen LogP contribution is 2.23. The quantitative estimate of drug-likeness (QED) is 0.610. The minimum atomic E-state index is -0.326. The molecule has 0 spiro atoms. The Kier molecular flexibility index (Phi) is 3.39. The van der Waals surface area contributed by atoms with Gasteiger partial charge in [0.25, 0.3) is 11.5 Å². The van der Waals surface area contributed by atoms with Gasteiger partial charge in [-0.05, 0) is 31.2 Å². The molecule has 1 amide bonds. The molecule has 0 aliphatic carbocycles. The van der Waals surface area contributed by atoms with Crippen molar-refractivity contribution in [2.24, 2.45) is 0 Å². The first-order valence-electron chi connectivity index (χ1n) is 7.41. The third-order valence-corrected chi connectivity index (χ3v) is 4.83. The first-order valence-corrected chi connectivity index (χ1v) is 8.22. The standard InChI is InChI=1S/C18H13N3O2S/c1-11-6-8-12(9-7-11)16(22)20-13-10-19-18-21(17(13)23)14-4-2-3-5-15(14)24-18/h2-10H,1H3,(H,20,22). The molecule has 0 aliphatic heterocycles. The van der Waals surface area contributed by atoms with E-state index in [1.807, 2.05) is 43.3 Å². The van der Waals surface area contributed by atoms with Crippen molar-refractivity contribution in [3.05, 3.63) is 76.2 Å². The molecule has 4 aromatic rings. The predicted octanol–water partition coefficient (Wildman–Crippen LogP) is 3.47. The van der Waals surface area contributed by atoms with Crippen molar-refractivity contribution in [2.45, 2.75) is 6.92 Å². The monoisotopic (exact) mass is 335 g/mol. The number of carbonyl (C=O) groups is 1. The maximum Gasteiger partial charge on any atom is 0.282 e. The number of fused-ring (bicyclic) bond motifs is 3. The summed E-state index contributed by atoms with van der Waals surface area (Å²) in [6, 6.07) is 14.8. The lowest BCUT2D eigenvalue weighted by molar-refractivity contribution is 0.102. The van der Waals surface area contributed by atoms with Gasteiger partial charge in [0.15, 0.2) is 4.96 Å². The van der Waals surface area contributed by atoms with Crippen molar-refractivity contribution in [1.82, 2.24) is 9.38 Å². The van der Waals surface area contributed by atoms with E-state index in [2.05, 4.69) is 10.3 Å². The van der Waals surface area contributed by atoms with E-state index in [1.54, 1.807) is 12.1 Å². The molecule has 0 aliphatic rings. The van der Waals surface area contributed by atoms with Crippen LogP contribution < -0.4 is 10.9 Å². The molecule has 24 heavy (non-hydrogen) atoms. The number of nitrogens with zero attached hydrogens (tertiary/aromatic N) is 2. The summed E-state index contributed by atoms with van der Waals surface area (Å²) in [7, 11) is 0. The number of carbonyl (C=O) groups excluding carboxylic acids is 1. The number of rotatable bonds is 2. The first kappa shape index (κ1) is 14.6. The number of amides is 1. The van der Waals surface area contributed by atoms with E-state index >= 15 is 0 Å². The molecule has 118 valence electrons. The molecule has 0 bridgehead atoms. The molecule has 1 N–H and O–H groups in total. The van der Waals surface area contributed by atoms with E-state index in [-0.39, 0.29) is 17.2 Å². The van der Waals surface area contributed by atoms with Crippen molar-refractivity contribution < 1.29 is 4.79 Å². The van der Waals surface area contributed by atoms with Gasteiger partial charge in [-0.2, -0.15) is 0 Å². The van der Waals surface area contributed by atoms with E-state index in [1.165, 1.54) is 21.9 Å². The number of aromatic nitrogens is 2. The maximum absolute atomic E-state index is 12.7. The lowest BCUT2D eigenvalue weighted by Crippen LogP contribution is -2.22. The van der Waals surface area contributed by atoms with Crippen LogP contribution in [0.4, 0.5) is 5.69 Å². The highest BCUT2D eigenvalue weighted by Gasteiger charge is 2.13. The Morgan fingerprint density at radius 2 is 1.88 bits per heavy atom. The number of benzene rings is 2. The second-order valence-electron chi connectivity index (χ2n) is 5.48. The van der Waals surface area contributed by atoms with Gasteiger partial charge in [0, 0.05) is 5.56 Å². The Labute approximate surface area is 141 Å². The smallest absolute Gasteiger partial charge is 0.282 e. The second-order valence-corrected chi connectivity index (χ2v) is 6.49. The molecular formula is C18H13N3O2S. The summed E-state index contributed by atoms with van der Waals surface area (Å²) in [5, 5.41) is 2.66. The molecule has 4 rings (SSSR count). The lowest BCUT2D eigenvalue weighted by atomic mass is 10.1. The van der Waals surface area contributed by atoms with Gasteiger partial charge in [-0.25, -0.2) is 9.38 Å². The van der Waals surface area contributed by atoms with Gasteiger partial charge < -0.3 is 5.32 Å². The van der Waals surface area contributed by atoms with Gasteiger partial charge in [0.2, 0.25) is 0 Å². The average Bonchev–Trinajstić information content (AvgIpc) is 2.97. The number of para-hydroxylation sites is 1. The van der Waals surface area contributed by atoms with Crippen LogP contribution in [0.3, 0.4) is 0 Å². The van der Waals surface area contributed by atoms with Crippen LogP contribution in [0.15, 0.2) is 59.5 Å². The van der Waals surface area contributed by atoms with E-state index < -0.39 is 0 Å². The molecule has 0 radical (unpaired) electrons. The van der Waals surface area contributed by atoms with Crippen LogP contribution >= 0.6 is 11.3 Å². The zero-order valence-electron chi connectivity index (χ0n) is 12.8. The molecule has 2 aromatic carbocycles. The fourth-order valence-corrected chi connectivity index (χ4v) is 3.52. The van der Waals surface area contributed by atoms with Crippen LogP contribution in [-0.4, -0.2) is 15.3 Å². The molecule has 0 fully saturated rings. The molecule has 5 nitrogen and oxygen atoms in total. The van der Waals surface area contributed by atoms with Gasteiger partial charge in [0.05, 0.1) is 16.4 Å². The number of aryl methyl sites for hydroxylation is 1. The Bertz CT molecular complexity index is 1130. The third-order valence-electron chi connectivity index (χ3n) is 3.80. The number of hydrogen-bond acceptors (Lipinski definition) is 4. The molecule has 0 unspecified atom stereocenters. The van der Waals surface area contributed by atoms with Crippen LogP contribution in [0, 0.1) is 6.92 Å². The molecule has 2 aromatic heterocycles. The minimum absolute atomic E-state index is 0.168. The number of nitrogens with one attached hydrogen (secondary N) is 1. The Morgan fingerprint density at radius 3 is 2.67 bits per heavy atom. The van der Waals surface area contributed by atoms with Gasteiger partial charge in [-0.15, -0.1) is 0 Å². The fraction of sp³-hybridized carbons (Fsp3) is 0.0556. The van der Waals surface area contributed by atoms with Crippen LogP contribution in [0.25, 0.3) is 15.2 Å². The minimum Gasteiger partial charge on any atom is -0.316 e. The predicted molar refractivity (Wildman–Crippen MR) is 96.0 cm³/mol. The summed E-state index contributed by atoms with van der Waals surface area (Å²) in [4.78, 5) is 30.0. The third kappa shape index (κ3) is 2.37. The lowest BCUT2D eigenvalue weighted by Gasteiger charge is -2.05. The highest BCUT2D eigenvalue weighted by molar-refractivity contribution is 7.23. The SMILES string of the molecule is Cc1ccc(C(=O)Nc2cnc3sc4ccccc4n3c2=O)cc1. The molecule has 0 atom stereocenters. The topological polar surface area (TPSA) is 63.5 Å². The van der Waals surface area contributed by atoms with E-state index in [4.69, 9.17) is 0 Å². The largest absolute Gasteiger partial charge is 0.316 e. The average molecular weight is 335 g/mol. The molecule has 2 heterocycles. The van der Waals surface area contributed by atoms with Gasteiger partial charge in [0.1, 0.15) is 5.69 Å². The highest BCUT2D eigenvalue weighted by atomic mass is 32.1. The van der Waals surface area contributed by atoms with Crippen molar-refractivity contribution >= 4 is 38.1 Å². The second kappa shape index (κ2) is 5.58. The normalized spacial score (nSPS) is 11.0. The molecule has 0 saturated carbocycles. The summed E-state index contributed by atoms with van der Waals surface area (Å²) >= 11 is 1.44. The van der Waals surface area contributed by atoms with E-state index in [0.29, 0.717) is 10.5 Å². The number of thiazole rings is 1. The summed E-state index contributed by atoms with van der Waals surface area (Å²) in [6.45, 7) is 1.95. The Balaban J connectivity index is 1.78. The fourth-order valence-electron chi connectivity index (χ4n) is 2.54. The number of hydrogen-bond donors (Lipinski definition) is 1. The summed E-state index contributed by atoms with van der Waals surface area (Å²) in [5.74, 6) is -0.326. The van der Waals surface area contributed by atoms with Crippen LogP contribution in [0.5, 0.6) is 0 Å². The molecule has 6 heteroatoms. The van der Waals surface area contributed by atoms with Crippen molar-refractivity contribution in [3.8, 4) is 0 Å². The molecular weight excluding hydrogens is 322 g/mol. The van der Waals surface area contributed by atoms with Crippen molar-refractivity contribution in [1.29, 1.82) is 0 Å². The zero-order valence-corrected chi connectivity index (χ0v) is 13.6. The van der Waals surface area contributed by atoms with E-state index in [0.717, 1.165) is 15.8 Å². The van der Waals surface area contributed by atoms with E-state index in [9.17, 15) is 9.59 Å². The number of anilines is 1. The summed E-state index contributed by atoms with van der Waals surface area (Å²) in [5.41, 5.74) is 2.25. The van der Waals surface area contributed by atoms with Crippen LogP contribution in [0.2, 0.25) is 0 Å². The van der Waals surface area contributed by atoms with Gasteiger partial charge in [-0.1, -0.05) is 41.2 Å². The molecule has 0 saturated heterocycles. The van der Waals surface area contributed by atoms with Crippen molar-refractivity contribution in [2.75, 3.05) is 5.32 Å². The van der Waals surface area contributed by atoms with Crippen LogP contribution in [-0.2, 0) is 0 Å².